The van der Waals surface area contributed by atoms with E-state index in [1.165, 1.54) is 0 Å². The molecule has 0 amide bonds. The van der Waals surface area contributed by atoms with Crippen LogP contribution in [0.25, 0.3) is 0 Å². The average Bonchev–Trinajstić information content (AvgIpc) is 2.41. The van der Waals surface area contributed by atoms with E-state index in [4.69, 9.17) is 15.2 Å². The van der Waals surface area contributed by atoms with E-state index in [-0.39, 0.29) is 0 Å². The van der Waals surface area contributed by atoms with Gasteiger partial charge in [0.25, 0.3) is 0 Å². The van der Waals surface area contributed by atoms with Crippen LogP contribution in [0.4, 0.5) is 5.69 Å². The van der Waals surface area contributed by atoms with Crippen LogP contribution in [-0.4, -0.2) is 6.61 Å². The molecule has 2 aromatic carbocycles. The first kappa shape index (κ1) is 13.7. The number of ether oxygens (including phenoxy) is 2. The molecule has 2 rings (SSSR count). The van der Waals surface area contributed by atoms with Crippen molar-refractivity contribution in [2.75, 3.05) is 12.3 Å². The maximum atomic E-state index is 5.80. The summed E-state index contributed by atoms with van der Waals surface area (Å²) in [7, 11) is 0. The van der Waals surface area contributed by atoms with Gasteiger partial charge in [-0.25, -0.2) is 0 Å². The van der Waals surface area contributed by atoms with Crippen LogP contribution in [0.15, 0.2) is 46.9 Å². The van der Waals surface area contributed by atoms with E-state index in [1.54, 1.807) is 0 Å². The highest BCUT2D eigenvalue weighted by Crippen LogP contribution is 2.24. The minimum Gasteiger partial charge on any atom is -0.493 e. The molecule has 0 saturated carbocycles. The first-order chi connectivity index (χ1) is 9.19. The van der Waals surface area contributed by atoms with Gasteiger partial charge in [0.1, 0.15) is 18.1 Å². The van der Waals surface area contributed by atoms with Crippen molar-refractivity contribution in [2.45, 2.75) is 13.5 Å². The topological polar surface area (TPSA) is 44.5 Å². The van der Waals surface area contributed by atoms with Crippen molar-refractivity contribution in [3.63, 3.8) is 0 Å². The van der Waals surface area contributed by atoms with E-state index in [0.717, 1.165) is 21.5 Å². The minimum absolute atomic E-state index is 0.433. The zero-order valence-corrected chi connectivity index (χ0v) is 12.3. The van der Waals surface area contributed by atoms with Crippen LogP contribution in [0.1, 0.15) is 12.5 Å². The lowest BCUT2D eigenvalue weighted by Crippen LogP contribution is -2.02. The lowest BCUT2D eigenvalue weighted by molar-refractivity contribution is 0.286. The van der Waals surface area contributed by atoms with Crippen molar-refractivity contribution < 1.29 is 9.47 Å². The predicted molar refractivity (Wildman–Crippen MR) is 80.5 cm³/mol. The van der Waals surface area contributed by atoms with E-state index in [9.17, 15) is 0 Å². The van der Waals surface area contributed by atoms with Gasteiger partial charge >= 0.3 is 0 Å². The third-order valence-electron chi connectivity index (χ3n) is 2.59. The molecule has 100 valence electrons. The number of hydrogen-bond donors (Lipinski definition) is 1. The largest absolute Gasteiger partial charge is 0.493 e. The van der Waals surface area contributed by atoms with Gasteiger partial charge in [0.05, 0.1) is 6.61 Å². The molecule has 0 bridgehead atoms. The average molecular weight is 322 g/mol. The molecular formula is C15H16BrNO2. The number of halogens is 1. The summed E-state index contributed by atoms with van der Waals surface area (Å²) < 4.78 is 12.3. The smallest absolute Gasteiger partial charge is 0.126 e. The Balaban J connectivity index is 2.09. The Labute approximate surface area is 121 Å². The lowest BCUT2D eigenvalue weighted by Gasteiger charge is -2.12. The third-order valence-corrected chi connectivity index (χ3v) is 3.12. The Morgan fingerprint density at radius 3 is 2.47 bits per heavy atom. The van der Waals surface area contributed by atoms with Gasteiger partial charge in [-0.1, -0.05) is 15.9 Å². The van der Waals surface area contributed by atoms with Gasteiger partial charge in [-0.15, -0.1) is 0 Å². The quantitative estimate of drug-likeness (QED) is 0.846. The summed E-state index contributed by atoms with van der Waals surface area (Å²) >= 11 is 3.39. The second-order valence-electron chi connectivity index (χ2n) is 4.04. The van der Waals surface area contributed by atoms with Gasteiger partial charge in [-0.2, -0.15) is 0 Å². The number of benzene rings is 2. The van der Waals surface area contributed by atoms with E-state index < -0.39 is 0 Å². The maximum absolute atomic E-state index is 5.80. The van der Waals surface area contributed by atoms with Crippen molar-refractivity contribution in [3.05, 3.63) is 52.5 Å². The first-order valence-electron chi connectivity index (χ1n) is 6.08. The van der Waals surface area contributed by atoms with Crippen molar-refractivity contribution in [2.24, 2.45) is 0 Å². The van der Waals surface area contributed by atoms with E-state index in [1.807, 2.05) is 49.4 Å². The van der Waals surface area contributed by atoms with Crippen LogP contribution < -0.4 is 15.2 Å². The van der Waals surface area contributed by atoms with Crippen molar-refractivity contribution >= 4 is 21.6 Å². The number of nitrogen functional groups attached to an aromatic ring is 1. The molecule has 0 aliphatic carbocycles. The summed E-state index contributed by atoms with van der Waals surface area (Å²) in [5.74, 6) is 1.63. The summed E-state index contributed by atoms with van der Waals surface area (Å²) in [4.78, 5) is 0. The highest BCUT2D eigenvalue weighted by molar-refractivity contribution is 9.10. The minimum atomic E-state index is 0.433. The van der Waals surface area contributed by atoms with Gasteiger partial charge < -0.3 is 15.2 Å². The Hall–Kier alpha value is -1.68. The lowest BCUT2D eigenvalue weighted by atomic mass is 10.2. The van der Waals surface area contributed by atoms with E-state index in [0.29, 0.717) is 18.9 Å². The molecule has 0 saturated heterocycles. The summed E-state index contributed by atoms with van der Waals surface area (Å²) in [6, 6.07) is 13.3. The summed E-state index contributed by atoms with van der Waals surface area (Å²) in [6.45, 7) is 3.01. The molecule has 4 heteroatoms. The van der Waals surface area contributed by atoms with Crippen LogP contribution in [0, 0.1) is 0 Å². The normalized spacial score (nSPS) is 10.2. The van der Waals surface area contributed by atoms with Gasteiger partial charge in [0.2, 0.25) is 0 Å². The number of hydrogen-bond acceptors (Lipinski definition) is 3. The van der Waals surface area contributed by atoms with Gasteiger partial charge in [0.15, 0.2) is 0 Å². The molecule has 2 aromatic rings. The van der Waals surface area contributed by atoms with Crippen molar-refractivity contribution in [3.8, 4) is 11.5 Å². The Bertz CT molecular complexity index is 540. The Kier molecular flexibility index (Phi) is 4.68. The molecule has 0 fully saturated rings. The Morgan fingerprint density at radius 1 is 1.05 bits per heavy atom. The summed E-state index contributed by atoms with van der Waals surface area (Å²) in [5.41, 5.74) is 7.45. The number of nitrogens with two attached hydrogens (primary N) is 1. The van der Waals surface area contributed by atoms with E-state index >= 15 is 0 Å². The molecule has 0 atom stereocenters. The highest BCUT2D eigenvalue weighted by atomic mass is 79.9. The molecule has 0 aromatic heterocycles. The van der Waals surface area contributed by atoms with Crippen molar-refractivity contribution in [1.82, 2.24) is 0 Å². The molecule has 0 spiro atoms. The molecule has 0 aliphatic rings. The number of rotatable bonds is 5. The van der Waals surface area contributed by atoms with Crippen LogP contribution in [0.3, 0.4) is 0 Å². The Morgan fingerprint density at radius 2 is 1.79 bits per heavy atom. The van der Waals surface area contributed by atoms with Gasteiger partial charge in [0, 0.05) is 15.7 Å². The molecule has 0 aliphatic heterocycles. The summed E-state index contributed by atoms with van der Waals surface area (Å²) in [5, 5.41) is 0. The SMILES string of the molecule is CCOc1ccc(N)cc1COc1ccc(Br)cc1. The fourth-order valence-electron chi connectivity index (χ4n) is 1.70. The monoisotopic (exact) mass is 321 g/mol. The fourth-order valence-corrected chi connectivity index (χ4v) is 1.96. The highest BCUT2D eigenvalue weighted by Gasteiger charge is 2.05. The number of anilines is 1. The third kappa shape index (κ3) is 3.89. The second-order valence-corrected chi connectivity index (χ2v) is 4.96. The molecule has 0 heterocycles. The molecule has 3 nitrogen and oxygen atoms in total. The van der Waals surface area contributed by atoms with Crippen LogP contribution in [0.2, 0.25) is 0 Å². The second kappa shape index (κ2) is 6.48. The van der Waals surface area contributed by atoms with E-state index in [2.05, 4.69) is 15.9 Å². The van der Waals surface area contributed by atoms with Gasteiger partial charge in [-0.3, -0.25) is 0 Å². The molecule has 0 unspecified atom stereocenters. The maximum Gasteiger partial charge on any atom is 0.126 e. The standard InChI is InChI=1S/C15H16BrNO2/c1-2-18-15-8-5-13(17)9-11(15)10-19-14-6-3-12(16)4-7-14/h3-9H,2,10,17H2,1H3. The zero-order chi connectivity index (χ0) is 13.7. The molecule has 0 radical (unpaired) electrons. The van der Waals surface area contributed by atoms with Gasteiger partial charge in [-0.05, 0) is 49.4 Å². The van der Waals surface area contributed by atoms with Crippen molar-refractivity contribution in [1.29, 1.82) is 0 Å². The molecule has 2 N–H and O–H groups in total. The molecule has 19 heavy (non-hydrogen) atoms. The molecular weight excluding hydrogens is 306 g/mol. The van der Waals surface area contributed by atoms with Crippen LogP contribution in [-0.2, 0) is 6.61 Å². The summed E-state index contributed by atoms with van der Waals surface area (Å²) in [6.07, 6.45) is 0. The predicted octanol–water partition coefficient (Wildman–Crippen LogP) is 4.01. The van der Waals surface area contributed by atoms with Crippen LogP contribution in [0.5, 0.6) is 11.5 Å². The van der Waals surface area contributed by atoms with Crippen LogP contribution >= 0.6 is 15.9 Å². The zero-order valence-electron chi connectivity index (χ0n) is 10.7. The first-order valence-corrected chi connectivity index (χ1v) is 6.88. The fraction of sp³-hybridized carbons (Fsp3) is 0.200.